The van der Waals surface area contributed by atoms with Crippen molar-refractivity contribution in [2.45, 2.75) is 45.8 Å². The second-order valence-corrected chi connectivity index (χ2v) is 8.98. The Morgan fingerprint density at radius 3 is 2.37 bits per heavy atom. The van der Waals surface area contributed by atoms with E-state index in [4.69, 9.17) is 9.90 Å². The molecule has 0 radical (unpaired) electrons. The van der Waals surface area contributed by atoms with Crippen LogP contribution >= 0.6 is 0 Å². The second kappa shape index (κ2) is 10.5. The van der Waals surface area contributed by atoms with Gasteiger partial charge in [0.15, 0.2) is 0 Å². The van der Waals surface area contributed by atoms with Gasteiger partial charge < -0.3 is 14.9 Å². The number of hydrogen-bond acceptors (Lipinski definition) is 4. The zero-order valence-electron chi connectivity index (χ0n) is 19.6. The van der Waals surface area contributed by atoms with Gasteiger partial charge >= 0.3 is 12.1 Å². The average molecular weight is 492 g/mol. The maximum absolute atomic E-state index is 13.3. The molecule has 1 unspecified atom stereocenters. The molecule has 2 aromatic rings. The van der Waals surface area contributed by atoms with E-state index in [1.807, 2.05) is 66.1 Å². The molecule has 2 fully saturated rings. The van der Waals surface area contributed by atoms with Crippen molar-refractivity contribution in [2.24, 2.45) is 5.41 Å². The molecule has 2 saturated heterocycles. The Bertz CT molecular complexity index is 1110. The highest BCUT2D eigenvalue weighted by molar-refractivity contribution is 5.96. The Balaban J connectivity index is 0.000000429. The number of hydrogen-bond donors (Lipinski definition) is 1. The number of carbonyl (C=O) groups is 3. The molecule has 0 aliphatic carbocycles. The Morgan fingerprint density at radius 2 is 1.74 bits per heavy atom. The molecule has 0 saturated carbocycles. The Labute approximate surface area is 201 Å². The number of likely N-dealkylation sites (tertiary alicyclic amines) is 2. The summed E-state index contributed by atoms with van der Waals surface area (Å²) in [6.07, 6.45) is -2.53. The van der Waals surface area contributed by atoms with Gasteiger partial charge in [-0.1, -0.05) is 24.3 Å². The largest absolute Gasteiger partial charge is 0.490 e. The highest BCUT2D eigenvalue weighted by Gasteiger charge is 2.49. The summed E-state index contributed by atoms with van der Waals surface area (Å²) in [4.78, 5) is 43.6. The summed E-state index contributed by atoms with van der Waals surface area (Å²) in [5, 5.41) is 7.12. The van der Waals surface area contributed by atoms with Crippen LogP contribution in [-0.2, 0) is 16.1 Å². The van der Waals surface area contributed by atoms with E-state index in [0.29, 0.717) is 13.1 Å². The SMILES string of the molecule is Cc1cccc(CN2CCC3(CCCN(C(=O)c4ccccc4C)C3)C2=O)n1.O=C(O)C(F)(F)F. The number of nitrogens with zero attached hydrogens (tertiary/aromatic N) is 3. The molecule has 2 amide bonds. The monoisotopic (exact) mass is 491 g/mol. The fraction of sp³-hybridized carbons (Fsp3) is 0.440. The fourth-order valence-electron chi connectivity index (χ4n) is 4.59. The summed E-state index contributed by atoms with van der Waals surface area (Å²) >= 11 is 0. The van der Waals surface area contributed by atoms with E-state index in [2.05, 4.69) is 4.98 Å². The number of alkyl halides is 3. The van der Waals surface area contributed by atoms with E-state index in [9.17, 15) is 22.8 Å². The molecule has 1 N–H and O–H groups in total. The number of carboxylic acid groups (broad SMARTS) is 1. The summed E-state index contributed by atoms with van der Waals surface area (Å²) in [5.74, 6) is -2.53. The molecule has 2 aliphatic heterocycles. The molecular weight excluding hydrogens is 463 g/mol. The normalized spacial score (nSPS) is 20.0. The van der Waals surface area contributed by atoms with Crippen molar-refractivity contribution < 1.29 is 32.7 Å². The quantitative estimate of drug-likeness (QED) is 0.701. The average Bonchev–Trinajstić information content (AvgIpc) is 3.08. The summed E-state index contributed by atoms with van der Waals surface area (Å²) in [7, 11) is 0. The maximum Gasteiger partial charge on any atom is 0.490 e. The number of amides is 2. The van der Waals surface area contributed by atoms with E-state index in [1.165, 1.54) is 0 Å². The van der Waals surface area contributed by atoms with Crippen LogP contribution in [0.3, 0.4) is 0 Å². The van der Waals surface area contributed by atoms with Crippen LogP contribution in [0.5, 0.6) is 0 Å². The molecule has 0 bridgehead atoms. The summed E-state index contributed by atoms with van der Waals surface area (Å²) < 4.78 is 31.7. The molecule has 4 rings (SSSR count). The number of aryl methyl sites for hydroxylation is 2. The molecule has 2 aliphatic rings. The number of aliphatic carboxylic acids is 1. The van der Waals surface area contributed by atoms with Crippen LogP contribution < -0.4 is 0 Å². The third-order valence-electron chi connectivity index (χ3n) is 6.38. The minimum Gasteiger partial charge on any atom is -0.475 e. The standard InChI is InChI=1S/C23H27N3O2.C2HF3O2/c1-17-7-3-4-10-20(17)21(27)26-13-6-11-23(16-26)12-14-25(22(23)28)15-19-9-5-8-18(2)24-19;3-2(4,5)1(6)7/h3-5,7-10H,6,11-16H2,1-2H3;(H,6,7). The van der Waals surface area contributed by atoms with Crippen LogP contribution in [0.15, 0.2) is 42.5 Å². The van der Waals surface area contributed by atoms with Gasteiger partial charge in [0.1, 0.15) is 0 Å². The van der Waals surface area contributed by atoms with Crippen molar-refractivity contribution in [3.05, 3.63) is 65.0 Å². The molecular formula is C25H28F3N3O4. The molecule has 7 nitrogen and oxygen atoms in total. The first kappa shape index (κ1) is 26.2. The smallest absolute Gasteiger partial charge is 0.475 e. The number of carbonyl (C=O) groups excluding carboxylic acids is 2. The van der Waals surface area contributed by atoms with Crippen LogP contribution in [0.2, 0.25) is 0 Å². The van der Waals surface area contributed by atoms with Gasteiger partial charge in [-0.05, 0) is 56.9 Å². The zero-order chi connectivity index (χ0) is 25.8. The summed E-state index contributed by atoms with van der Waals surface area (Å²) in [6, 6.07) is 13.6. The molecule has 1 aromatic heterocycles. The van der Waals surface area contributed by atoms with Crippen molar-refractivity contribution in [1.82, 2.24) is 14.8 Å². The third kappa shape index (κ3) is 6.17. The van der Waals surface area contributed by atoms with E-state index in [0.717, 1.165) is 54.9 Å². The van der Waals surface area contributed by atoms with Crippen molar-refractivity contribution >= 4 is 17.8 Å². The van der Waals surface area contributed by atoms with Gasteiger partial charge in [-0.15, -0.1) is 0 Å². The van der Waals surface area contributed by atoms with Gasteiger partial charge in [0.25, 0.3) is 5.91 Å². The molecule has 10 heteroatoms. The van der Waals surface area contributed by atoms with Gasteiger partial charge in [0.05, 0.1) is 17.7 Å². The fourth-order valence-corrected chi connectivity index (χ4v) is 4.59. The lowest BCUT2D eigenvalue weighted by Gasteiger charge is -2.39. The maximum atomic E-state index is 13.3. The van der Waals surface area contributed by atoms with Crippen molar-refractivity contribution in [2.75, 3.05) is 19.6 Å². The molecule has 3 heterocycles. The Kier molecular flexibility index (Phi) is 7.82. The van der Waals surface area contributed by atoms with Gasteiger partial charge in [-0.3, -0.25) is 14.6 Å². The topological polar surface area (TPSA) is 90.8 Å². The predicted octanol–water partition coefficient (Wildman–Crippen LogP) is 3.99. The minimum atomic E-state index is -5.08. The number of benzene rings is 1. The number of aromatic nitrogens is 1. The van der Waals surface area contributed by atoms with E-state index in [1.54, 1.807) is 0 Å². The van der Waals surface area contributed by atoms with Crippen LogP contribution in [0.1, 0.15) is 46.6 Å². The van der Waals surface area contributed by atoms with E-state index >= 15 is 0 Å². The van der Waals surface area contributed by atoms with Crippen LogP contribution in [-0.4, -0.2) is 63.5 Å². The summed E-state index contributed by atoms with van der Waals surface area (Å²) in [6.45, 7) is 6.46. The highest BCUT2D eigenvalue weighted by atomic mass is 19.4. The molecule has 1 spiro atoms. The van der Waals surface area contributed by atoms with Crippen LogP contribution in [0, 0.1) is 19.3 Å². The number of pyridine rings is 1. The van der Waals surface area contributed by atoms with Gasteiger partial charge in [0.2, 0.25) is 5.91 Å². The first-order chi connectivity index (χ1) is 16.4. The Morgan fingerprint density at radius 1 is 1.06 bits per heavy atom. The Hall–Kier alpha value is -3.43. The first-order valence-electron chi connectivity index (χ1n) is 11.3. The van der Waals surface area contributed by atoms with Crippen LogP contribution in [0.25, 0.3) is 0 Å². The lowest BCUT2D eigenvalue weighted by molar-refractivity contribution is -0.192. The van der Waals surface area contributed by atoms with Crippen molar-refractivity contribution in [1.29, 1.82) is 0 Å². The molecule has 35 heavy (non-hydrogen) atoms. The number of piperidine rings is 1. The summed E-state index contributed by atoms with van der Waals surface area (Å²) in [5.41, 5.74) is 3.18. The number of halogens is 3. The van der Waals surface area contributed by atoms with Gasteiger partial charge in [-0.2, -0.15) is 13.2 Å². The van der Waals surface area contributed by atoms with Gasteiger partial charge in [0, 0.05) is 30.9 Å². The number of rotatable bonds is 3. The lowest BCUT2D eigenvalue weighted by Crippen LogP contribution is -2.49. The molecule has 188 valence electrons. The number of carboxylic acids is 1. The second-order valence-electron chi connectivity index (χ2n) is 8.98. The lowest BCUT2D eigenvalue weighted by atomic mass is 9.78. The zero-order valence-corrected chi connectivity index (χ0v) is 19.6. The first-order valence-corrected chi connectivity index (χ1v) is 11.3. The predicted molar refractivity (Wildman–Crippen MR) is 121 cm³/mol. The molecule has 1 atom stereocenters. The van der Waals surface area contributed by atoms with E-state index < -0.39 is 17.6 Å². The van der Waals surface area contributed by atoms with Crippen molar-refractivity contribution in [3.8, 4) is 0 Å². The van der Waals surface area contributed by atoms with Gasteiger partial charge in [-0.25, -0.2) is 4.79 Å². The van der Waals surface area contributed by atoms with Crippen molar-refractivity contribution in [3.63, 3.8) is 0 Å². The minimum absolute atomic E-state index is 0.0452. The van der Waals surface area contributed by atoms with Crippen LogP contribution in [0.4, 0.5) is 13.2 Å². The van der Waals surface area contributed by atoms with E-state index in [-0.39, 0.29) is 11.8 Å². The third-order valence-corrected chi connectivity index (χ3v) is 6.38. The highest BCUT2D eigenvalue weighted by Crippen LogP contribution is 2.41. The molecule has 1 aromatic carbocycles.